The molecule has 0 amide bonds. The number of thioether (sulfide) groups is 1. The predicted octanol–water partition coefficient (Wildman–Crippen LogP) is 4.13. The Bertz CT molecular complexity index is 444. The van der Waals surface area contributed by atoms with Crippen LogP contribution in [0.5, 0.6) is 0 Å². The molecule has 5 heteroatoms. The van der Waals surface area contributed by atoms with Gasteiger partial charge in [-0.1, -0.05) is 47.7 Å². The van der Waals surface area contributed by atoms with Crippen LogP contribution < -0.4 is 0 Å². The molecule has 0 unspecified atom stereocenters. The summed E-state index contributed by atoms with van der Waals surface area (Å²) in [7, 11) is 0. The maximum atomic E-state index is 5.50. The van der Waals surface area contributed by atoms with E-state index in [1.165, 1.54) is 11.8 Å². The second kappa shape index (κ2) is 8.97. The molecule has 0 aromatic heterocycles. The van der Waals surface area contributed by atoms with Crippen LogP contribution in [0.25, 0.3) is 0 Å². The summed E-state index contributed by atoms with van der Waals surface area (Å²) in [4.78, 5) is 7.64. The Morgan fingerprint density at radius 2 is 1.90 bits per heavy atom. The number of nitrogens with zero attached hydrogens (tertiary/aromatic N) is 2. The standard InChI is InChI=1S/C15H22N2OS2/c1-5-17(6-2)15(19)20-13(4)18-16-12(3)14-10-8-7-9-11-14/h7-11,13H,5-6H2,1-4H3/b16-12+/t13-/m0/s1. The highest BCUT2D eigenvalue weighted by atomic mass is 32.2. The molecule has 0 saturated carbocycles. The topological polar surface area (TPSA) is 24.8 Å². The fourth-order valence-corrected chi connectivity index (χ4v) is 3.05. The van der Waals surface area contributed by atoms with E-state index in [4.69, 9.17) is 17.1 Å². The molecule has 1 aromatic rings. The van der Waals surface area contributed by atoms with Crippen molar-refractivity contribution < 1.29 is 4.84 Å². The minimum atomic E-state index is -0.0956. The SMILES string of the molecule is CCN(CC)C(=S)S[C@@H](C)O/N=C(\C)c1ccccc1. The van der Waals surface area contributed by atoms with E-state index in [0.717, 1.165) is 28.7 Å². The van der Waals surface area contributed by atoms with Crippen LogP contribution in [0.4, 0.5) is 0 Å². The highest BCUT2D eigenvalue weighted by molar-refractivity contribution is 8.23. The summed E-state index contributed by atoms with van der Waals surface area (Å²) in [5, 5.41) is 4.18. The van der Waals surface area contributed by atoms with Crippen LogP contribution in [0.3, 0.4) is 0 Å². The molecule has 0 saturated heterocycles. The molecule has 0 spiro atoms. The number of rotatable bonds is 6. The average molecular weight is 310 g/mol. The van der Waals surface area contributed by atoms with Crippen LogP contribution in [0.1, 0.15) is 33.3 Å². The number of benzene rings is 1. The summed E-state index contributed by atoms with van der Waals surface area (Å²) in [6.07, 6.45) is 0. The molecule has 0 aliphatic carbocycles. The zero-order chi connectivity index (χ0) is 15.0. The van der Waals surface area contributed by atoms with Crippen molar-refractivity contribution in [2.75, 3.05) is 13.1 Å². The molecule has 3 nitrogen and oxygen atoms in total. The third kappa shape index (κ3) is 5.51. The van der Waals surface area contributed by atoms with E-state index in [1.807, 2.05) is 44.2 Å². The van der Waals surface area contributed by atoms with Crippen molar-refractivity contribution in [1.29, 1.82) is 0 Å². The Kier molecular flexibility index (Phi) is 7.62. The van der Waals surface area contributed by atoms with Crippen molar-refractivity contribution in [2.24, 2.45) is 5.16 Å². The average Bonchev–Trinajstić information content (AvgIpc) is 2.47. The van der Waals surface area contributed by atoms with Crippen LogP contribution in [0.2, 0.25) is 0 Å². The Balaban J connectivity index is 2.51. The first-order valence-electron chi connectivity index (χ1n) is 6.79. The van der Waals surface area contributed by atoms with Gasteiger partial charge in [0.2, 0.25) is 0 Å². The Morgan fingerprint density at radius 3 is 2.45 bits per heavy atom. The summed E-state index contributed by atoms with van der Waals surface area (Å²) >= 11 is 6.91. The molecule has 0 bridgehead atoms. The van der Waals surface area contributed by atoms with Crippen molar-refractivity contribution in [3.05, 3.63) is 35.9 Å². The Morgan fingerprint density at radius 1 is 1.30 bits per heavy atom. The van der Waals surface area contributed by atoms with Gasteiger partial charge in [-0.25, -0.2) is 0 Å². The minimum absolute atomic E-state index is 0.0956. The van der Waals surface area contributed by atoms with Crippen LogP contribution in [0, 0.1) is 0 Å². The van der Waals surface area contributed by atoms with E-state index in [-0.39, 0.29) is 5.44 Å². The fourth-order valence-electron chi connectivity index (χ4n) is 1.61. The Hall–Kier alpha value is -1.07. The fraction of sp³-hybridized carbons (Fsp3) is 0.467. The zero-order valence-corrected chi connectivity index (χ0v) is 14.1. The van der Waals surface area contributed by atoms with Gasteiger partial charge in [0.05, 0.1) is 5.71 Å². The Labute approximate surface area is 131 Å². The van der Waals surface area contributed by atoms with Crippen molar-refractivity contribution in [3.63, 3.8) is 0 Å². The third-order valence-corrected chi connectivity index (χ3v) is 4.24. The van der Waals surface area contributed by atoms with Gasteiger partial charge in [-0.2, -0.15) is 0 Å². The van der Waals surface area contributed by atoms with E-state index in [0.29, 0.717) is 0 Å². The first-order valence-corrected chi connectivity index (χ1v) is 8.08. The van der Waals surface area contributed by atoms with Crippen molar-refractivity contribution in [3.8, 4) is 0 Å². The molecule has 110 valence electrons. The van der Waals surface area contributed by atoms with Crippen molar-refractivity contribution >= 4 is 34.0 Å². The zero-order valence-electron chi connectivity index (χ0n) is 12.5. The molecule has 1 atom stereocenters. The molecule has 1 rings (SSSR count). The van der Waals surface area contributed by atoms with Gasteiger partial charge >= 0.3 is 0 Å². The summed E-state index contributed by atoms with van der Waals surface area (Å²) in [6.45, 7) is 9.93. The lowest BCUT2D eigenvalue weighted by molar-refractivity contribution is 0.134. The smallest absolute Gasteiger partial charge is 0.176 e. The van der Waals surface area contributed by atoms with Crippen molar-refractivity contribution in [2.45, 2.75) is 33.1 Å². The lowest BCUT2D eigenvalue weighted by Gasteiger charge is -2.22. The molecule has 0 aliphatic heterocycles. The molecular formula is C15H22N2OS2. The summed E-state index contributed by atoms with van der Waals surface area (Å²) in [5.41, 5.74) is 1.84. The van der Waals surface area contributed by atoms with Gasteiger partial charge in [0.25, 0.3) is 0 Å². The van der Waals surface area contributed by atoms with Crippen LogP contribution in [-0.2, 0) is 4.84 Å². The minimum Gasteiger partial charge on any atom is -0.381 e. The molecule has 0 radical (unpaired) electrons. The summed E-state index contributed by atoms with van der Waals surface area (Å²) < 4.78 is 0.857. The van der Waals surface area contributed by atoms with Gasteiger partial charge in [0.1, 0.15) is 4.32 Å². The number of thiocarbonyl (C=S) groups is 1. The first kappa shape index (κ1) is 17.0. The molecule has 0 N–H and O–H groups in total. The van der Waals surface area contributed by atoms with Crippen LogP contribution in [0.15, 0.2) is 35.5 Å². The number of oxime groups is 1. The third-order valence-electron chi connectivity index (χ3n) is 2.82. The summed E-state index contributed by atoms with van der Waals surface area (Å²) in [5.74, 6) is 0. The largest absolute Gasteiger partial charge is 0.381 e. The molecule has 1 aromatic carbocycles. The molecule has 0 fully saturated rings. The van der Waals surface area contributed by atoms with E-state index < -0.39 is 0 Å². The van der Waals surface area contributed by atoms with Gasteiger partial charge in [-0.05, 0) is 45.0 Å². The lowest BCUT2D eigenvalue weighted by Crippen LogP contribution is -2.28. The van der Waals surface area contributed by atoms with Gasteiger partial charge in [0, 0.05) is 13.1 Å². The second-order valence-corrected chi connectivity index (χ2v) is 6.20. The van der Waals surface area contributed by atoms with Gasteiger partial charge in [0.15, 0.2) is 5.44 Å². The normalized spacial score (nSPS) is 12.9. The van der Waals surface area contributed by atoms with E-state index in [9.17, 15) is 0 Å². The first-order chi connectivity index (χ1) is 9.58. The van der Waals surface area contributed by atoms with E-state index in [1.54, 1.807) is 0 Å². The monoisotopic (exact) mass is 310 g/mol. The molecule has 0 heterocycles. The second-order valence-electron chi connectivity index (χ2n) is 4.27. The maximum Gasteiger partial charge on any atom is 0.176 e. The summed E-state index contributed by atoms with van der Waals surface area (Å²) in [6, 6.07) is 9.99. The quantitative estimate of drug-likeness (QED) is 0.341. The van der Waals surface area contributed by atoms with Gasteiger partial charge in [-0.15, -0.1) is 0 Å². The molecule has 0 aliphatic rings. The lowest BCUT2D eigenvalue weighted by atomic mass is 10.1. The maximum absolute atomic E-state index is 5.50. The molecular weight excluding hydrogens is 288 g/mol. The van der Waals surface area contributed by atoms with E-state index >= 15 is 0 Å². The van der Waals surface area contributed by atoms with Crippen molar-refractivity contribution in [1.82, 2.24) is 4.90 Å². The van der Waals surface area contributed by atoms with Crippen LogP contribution in [-0.4, -0.2) is 33.5 Å². The van der Waals surface area contributed by atoms with Gasteiger partial charge in [-0.3, -0.25) is 0 Å². The highest BCUT2D eigenvalue weighted by Crippen LogP contribution is 2.17. The van der Waals surface area contributed by atoms with E-state index in [2.05, 4.69) is 23.9 Å². The number of hydrogen-bond donors (Lipinski definition) is 0. The highest BCUT2D eigenvalue weighted by Gasteiger charge is 2.12. The molecule has 20 heavy (non-hydrogen) atoms. The number of hydrogen-bond acceptors (Lipinski definition) is 4. The van der Waals surface area contributed by atoms with Crippen LogP contribution >= 0.6 is 24.0 Å². The predicted molar refractivity (Wildman–Crippen MR) is 92.3 cm³/mol. The van der Waals surface area contributed by atoms with Gasteiger partial charge < -0.3 is 9.74 Å².